The van der Waals surface area contributed by atoms with Gasteiger partial charge >= 0.3 is 0 Å². The summed E-state index contributed by atoms with van der Waals surface area (Å²) in [4.78, 5) is 6.82. The molecule has 0 aliphatic carbocycles. The zero-order valence-electron chi connectivity index (χ0n) is 16.8. The third kappa shape index (κ3) is 6.73. The van der Waals surface area contributed by atoms with Crippen molar-refractivity contribution in [2.24, 2.45) is 4.99 Å². The molecule has 6 heteroatoms. The summed E-state index contributed by atoms with van der Waals surface area (Å²) in [5.74, 6) is 1.20. The minimum atomic E-state index is -1.14. The number of nitrogens with zero attached hydrogens (tertiary/aromatic N) is 2. The molecule has 2 unspecified atom stereocenters. The summed E-state index contributed by atoms with van der Waals surface area (Å²) in [6, 6.07) is 14.3. The Bertz CT molecular complexity index is 683. The van der Waals surface area contributed by atoms with E-state index in [2.05, 4.69) is 58.8 Å². The predicted octanol–water partition coefficient (Wildman–Crippen LogP) is 2.56. The Labute approximate surface area is 162 Å². The van der Waals surface area contributed by atoms with Crippen LogP contribution in [0.5, 0.6) is 0 Å². The van der Waals surface area contributed by atoms with Crippen LogP contribution >= 0.6 is 0 Å². The van der Waals surface area contributed by atoms with Crippen LogP contribution in [0.1, 0.15) is 32.1 Å². The number of nitrogens with one attached hydrogen (secondary N) is 2. The monoisotopic (exact) mass is 372 g/mol. The number of aliphatic imine (C=N–C) groups is 1. The fourth-order valence-corrected chi connectivity index (χ4v) is 2.67. The third-order valence-corrected chi connectivity index (χ3v) is 4.53. The summed E-state index contributed by atoms with van der Waals surface area (Å²) >= 11 is 0. The molecule has 0 radical (unpaired) electrons. The molecule has 2 atom stereocenters. The lowest BCUT2D eigenvalue weighted by Gasteiger charge is -2.26. The molecule has 2 rings (SSSR count). The molecule has 1 aromatic heterocycles. The highest BCUT2D eigenvalue weighted by Crippen LogP contribution is 2.21. The standard InChI is InChI=1S/C21H32N4O2/c1-5-22-20(24-16-21(3,26)19-12-9-13-27-19)23-14-17(2)25(4)15-18-10-7-6-8-11-18/h6-13,17,26H,5,14-16H2,1-4H3,(H2,22,23,24). The molecule has 0 saturated heterocycles. The summed E-state index contributed by atoms with van der Waals surface area (Å²) in [6.45, 7) is 8.51. The molecule has 0 saturated carbocycles. The molecule has 3 N–H and O–H groups in total. The van der Waals surface area contributed by atoms with Crippen LogP contribution in [0.25, 0.3) is 0 Å². The van der Waals surface area contributed by atoms with Gasteiger partial charge in [-0.25, -0.2) is 4.99 Å². The average molecular weight is 373 g/mol. The normalized spacial score (nSPS) is 15.4. The van der Waals surface area contributed by atoms with E-state index in [1.54, 1.807) is 25.3 Å². The molecule has 1 heterocycles. The number of guanidine groups is 1. The van der Waals surface area contributed by atoms with E-state index in [0.717, 1.165) is 19.6 Å². The van der Waals surface area contributed by atoms with E-state index < -0.39 is 5.60 Å². The van der Waals surface area contributed by atoms with Gasteiger partial charge in [-0.3, -0.25) is 4.90 Å². The molecular weight excluding hydrogens is 340 g/mol. The van der Waals surface area contributed by atoms with Crippen molar-refractivity contribution < 1.29 is 9.52 Å². The molecule has 0 bridgehead atoms. The first-order chi connectivity index (χ1) is 12.9. The van der Waals surface area contributed by atoms with Crippen molar-refractivity contribution in [3.63, 3.8) is 0 Å². The van der Waals surface area contributed by atoms with Crippen LogP contribution in [0, 0.1) is 0 Å². The number of hydrogen-bond acceptors (Lipinski definition) is 4. The number of likely N-dealkylation sites (N-methyl/N-ethyl adjacent to an activating group) is 1. The summed E-state index contributed by atoms with van der Waals surface area (Å²) < 4.78 is 5.31. The van der Waals surface area contributed by atoms with Gasteiger partial charge in [0, 0.05) is 25.7 Å². The number of benzene rings is 1. The lowest BCUT2D eigenvalue weighted by molar-refractivity contribution is 0.0437. The Morgan fingerprint density at radius 2 is 1.96 bits per heavy atom. The smallest absolute Gasteiger partial charge is 0.191 e. The molecule has 148 valence electrons. The highest BCUT2D eigenvalue weighted by Gasteiger charge is 2.26. The van der Waals surface area contributed by atoms with Gasteiger partial charge in [0.1, 0.15) is 11.4 Å². The van der Waals surface area contributed by atoms with Crippen molar-refractivity contribution in [3.8, 4) is 0 Å². The molecule has 0 spiro atoms. The summed E-state index contributed by atoms with van der Waals surface area (Å²) in [5, 5.41) is 17.1. The number of rotatable bonds is 9. The number of aliphatic hydroxyl groups is 1. The predicted molar refractivity (Wildman–Crippen MR) is 110 cm³/mol. The maximum atomic E-state index is 10.6. The summed E-state index contributed by atoms with van der Waals surface area (Å²) in [5.41, 5.74) is 0.156. The number of hydrogen-bond donors (Lipinski definition) is 3. The average Bonchev–Trinajstić information content (AvgIpc) is 3.20. The van der Waals surface area contributed by atoms with Gasteiger partial charge in [-0.1, -0.05) is 30.3 Å². The van der Waals surface area contributed by atoms with Gasteiger partial charge in [0.15, 0.2) is 5.96 Å². The first-order valence-corrected chi connectivity index (χ1v) is 9.45. The summed E-state index contributed by atoms with van der Waals surface area (Å²) in [6.07, 6.45) is 1.56. The lowest BCUT2D eigenvalue weighted by atomic mass is 10.0. The molecule has 6 nitrogen and oxygen atoms in total. The Morgan fingerprint density at radius 1 is 1.22 bits per heavy atom. The van der Waals surface area contributed by atoms with Crippen molar-refractivity contribution in [1.82, 2.24) is 15.5 Å². The van der Waals surface area contributed by atoms with Crippen molar-refractivity contribution >= 4 is 5.96 Å². The molecule has 27 heavy (non-hydrogen) atoms. The van der Waals surface area contributed by atoms with Crippen LogP contribution in [-0.4, -0.2) is 48.7 Å². The second-order valence-corrected chi connectivity index (χ2v) is 7.08. The summed E-state index contributed by atoms with van der Waals surface area (Å²) in [7, 11) is 2.12. The van der Waals surface area contributed by atoms with Crippen molar-refractivity contribution in [3.05, 3.63) is 60.1 Å². The molecule has 0 amide bonds. The van der Waals surface area contributed by atoms with Gasteiger partial charge in [0.05, 0.1) is 12.8 Å². The van der Waals surface area contributed by atoms with Gasteiger partial charge in [0.25, 0.3) is 0 Å². The molecule has 0 fully saturated rings. The first kappa shape index (κ1) is 21.0. The van der Waals surface area contributed by atoms with Gasteiger partial charge in [0.2, 0.25) is 0 Å². The minimum Gasteiger partial charge on any atom is -0.466 e. The molecule has 0 aliphatic rings. The second kappa shape index (κ2) is 10.1. The van der Waals surface area contributed by atoms with Crippen LogP contribution in [-0.2, 0) is 12.1 Å². The fraction of sp³-hybridized carbons (Fsp3) is 0.476. The van der Waals surface area contributed by atoms with Gasteiger partial charge < -0.3 is 20.2 Å². The Balaban J connectivity index is 1.89. The zero-order valence-corrected chi connectivity index (χ0v) is 16.8. The van der Waals surface area contributed by atoms with Crippen LogP contribution in [0.4, 0.5) is 0 Å². The molecular formula is C21H32N4O2. The van der Waals surface area contributed by atoms with E-state index in [1.807, 2.05) is 13.0 Å². The Morgan fingerprint density at radius 3 is 2.59 bits per heavy atom. The molecule has 2 aromatic rings. The minimum absolute atomic E-state index is 0.212. The van der Waals surface area contributed by atoms with E-state index in [1.165, 1.54) is 5.56 Å². The van der Waals surface area contributed by atoms with Gasteiger partial charge in [-0.2, -0.15) is 0 Å². The topological polar surface area (TPSA) is 73.0 Å². The van der Waals surface area contributed by atoms with Crippen molar-refractivity contribution in [2.45, 2.75) is 39.0 Å². The van der Waals surface area contributed by atoms with Crippen LogP contribution in [0.2, 0.25) is 0 Å². The van der Waals surface area contributed by atoms with Crippen LogP contribution < -0.4 is 10.6 Å². The van der Waals surface area contributed by atoms with E-state index >= 15 is 0 Å². The van der Waals surface area contributed by atoms with Gasteiger partial charge in [-0.15, -0.1) is 0 Å². The first-order valence-electron chi connectivity index (χ1n) is 9.45. The third-order valence-electron chi connectivity index (χ3n) is 4.53. The Kier molecular flexibility index (Phi) is 7.88. The maximum absolute atomic E-state index is 10.6. The van der Waals surface area contributed by atoms with E-state index in [-0.39, 0.29) is 6.54 Å². The van der Waals surface area contributed by atoms with E-state index in [4.69, 9.17) is 4.42 Å². The second-order valence-electron chi connectivity index (χ2n) is 7.08. The van der Waals surface area contributed by atoms with E-state index in [9.17, 15) is 5.11 Å². The zero-order chi connectivity index (χ0) is 19.7. The lowest BCUT2D eigenvalue weighted by Crippen LogP contribution is -2.45. The SMILES string of the molecule is CCNC(=NCC(C)(O)c1ccco1)NCC(C)N(C)Cc1ccccc1. The largest absolute Gasteiger partial charge is 0.466 e. The molecule has 1 aromatic carbocycles. The van der Waals surface area contributed by atoms with Crippen LogP contribution in [0.3, 0.4) is 0 Å². The fourth-order valence-electron chi connectivity index (χ4n) is 2.67. The van der Waals surface area contributed by atoms with Crippen molar-refractivity contribution in [2.75, 3.05) is 26.7 Å². The van der Waals surface area contributed by atoms with Crippen molar-refractivity contribution in [1.29, 1.82) is 0 Å². The van der Waals surface area contributed by atoms with Crippen LogP contribution in [0.15, 0.2) is 58.1 Å². The number of furan rings is 1. The quantitative estimate of drug-likeness (QED) is 0.466. The highest BCUT2D eigenvalue weighted by molar-refractivity contribution is 5.79. The van der Waals surface area contributed by atoms with Gasteiger partial charge in [-0.05, 0) is 45.5 Å². The maximum Gasteiger partial charge on any atom is 0.191 e. The Hall–Kier alpha value is -2.31. The van der Waals surface area contributed by atoms with E-state index in [0.29, 0.717) is 17.8 Å². The highest BCUT2D eigenvalue weighted by atomic mass is 16.4. The molecule has 0 aliphatic heterocycles.